The third-order valence-corrected chi connectivity index (χ3v) is 6.61. The summed E-state index contributed by atoms with van der Waals surface area (Å²) >= 11 is 0. The van der Waals surface area contributed by atoms with Gasteiger partial charge in [0.1, 0.15) is 23.1 Å². The highest BCUT2D eigenvalue weighted by atomic mass is 16.4. The lowest BCUT2D eigenvalue weighted by molar-refractivity contribution is -0.142. The second-order valence-corrected chi connectivity index (χ2v) is 9.49. The molecule has 0 saturated heterocycles. The molecule has 2 aromatic carbocycles. The van der Waals surface area contributed by atoms with E-state index < -0.39 is 29.9 Å². The molecule has 2 aromatic rings. The van der Waals surface area contributed by atoms with Crippen molar-refractivity contribution >= 4 is 34.8 Å². The molecule has 11 heteroatoms. The largest absolute Gasteiger partial charge is 0.508 e. The maximum atomic E-state index is 12.4. The first-order valence-electron chi connectivity index (χ1n) is 13.2. The fourth-order valence-electron chi connectivity index (χ4n) is 4.55. The molecule has 0 unspecified atom stereocenters. The number of carboxylic acid groups (broad SMARTS) is 3. The number of hydrogen-bond donors (Lipinski definition) is 5. The first kappa shape index (κ1) is 31.3. The van der Waals surface area contributed by atoms with Gasteiger partial charge in [-0.05, 0) is 48.6 Å². The number of amides is 1. The van der Waals surface area contributed by atoms with Crippen LogP contribution in [0.4, 0.5) is 0 Å². The SMILES string of the molecule is CC(=O)N[C@@H](CCC(=O)O)C(=O)O.CCc1cc2c(-c3ccccc3C(=O)O)c3cc(CC)c(=O)cc-3oc2cc1O. The highest BCUT2D eigenvalue weighted by Gasteiger charge is 2.23. The van der Waals surface area contributed by atoms with Gasteiger partial charge in [-0.3, -0.25) is 14.4 Å². The summed E-state index contributed by atoms with van der Waals surface area (Å²) in [5.74, 6) is -3.37. The van der Waals surface area contributed by atoms with Crippen molar-refractivity contribution in [3.8, 4) is 28.2 Å². The molecule has 220 valence electrons. The van der Waals surface area contributed by atoms with Crippen molar-refractivity contribution in [1.29, 1.82) is 0 Å². The summed E-state index contributed by atoms with van der Waals surface area (Å²) < 4.78 is 5.96. The summed E-state index contributed by atoms with van der Waals surface area (Å²) in [5.41, 5.74) is 3.70. The van der Waals surface area contributed by atoms with Gasteiger partial charge in [0.2, 0.25) is 5.91 Å². The van der Waals surface area contributed by atoms with Gasteiger partial charge in [-0.2, -0.15) is 0 Å². The van der Waals surface area contributed by atoms with Gasteiger partial charge in [-0.15, -0.1) is 0 Å². The van der Waals surface area contributed by atoms with E-state index in [0.29, 0.717) is 51.8 Å². The van der Waals surface area contributed by atoms with Crippen LogP contribution < -0.4 is 10.7 Å². The molecule has 1 aliphatic carbocycles. The summed E-state index contributed by atoms with van der Waals surface area (Å²) in [7, 11) is 0. The number of phenolic OH excluding ortho intramolecular Hbond substituents is 1. The Kier molecular flexibility index (Phi) is 10.0. The molecule has 1 heterocycles. The minimum Gasteiger partial charge on any atom is -0.508 e. The number of benzene rings is 3. The summed E-state index contributed by atoms with van der Waals surface area (Å²) in [6.45, 7) is 5.01. The topological polar surface area (TPSA) is 191 Å². The van der Waals surface area contributed by atoms with Crippen LogP contribution in [0.15, 0.2) is 57.7 Å². The third kappa shape index (κ3) is 7.11. The number of aromatic carboxylic acids is 1. The quantitative estimate of drug-likeness (QED) is 0.177. The molecule has 0 spiro atoms. The maximum Gasteiger partial charge on any atom is 0.336 e. The van der Waals surface area contributed by atoms with E-state index in [2.05, 4.69) is 5.32 Å². The Hall–Kier alpha value is -5.19. The summed E-state index contributed by atoms with van der Waals surface area (Å²) in [5, 5.41) is 39.7. The average Bonchev–Trinajstić information content (AvgIpc) is 2.93. The number of aryl methyl sites for hydroxylation is 2. The molecule has 1 amide bonds. The van der Waals surface area contributed by atoms with E-state index in [-0.39, 0.29) is 29.6 Å². The van der Waals surface area contributed by atoms with Crippen molar-refractivity contribution in [1.82, 2.24) is 5.32 Å². The van der Waals surface area contributed by atoms with Crippen LogP contribution in [-0.2, 0) is 27.2 Å². The zero-order valence-corrected chi connectivity index (χ0v) is 23.3. The lowest BCUT2D eigenvalue weighted by atomic mass is 9.89. The Balaban J connectivity index is 0.000000316. The van der Waals surface area contributed by atoms with Crippen LogP contribution in [0.25, 0.3) is 33.4 Å². The standard InChI is InChI=1S/C24H20O5.C7H11NO5/c1-3-13-9-17-21(11-19(13)25)29-22-12-20(26)14(4-2)10-18(22)23(17)15-7-5-6-8-16(15)24(27)28;1-4(9)8-5(7(12)13)2-3-6(10)11/h5-12,25H,3-4H2,1-2H3,(H,27,28);5H,2-3H2,1H3,(H,8,9)(H,10,11)(H,12,13)/t;5-/m.0/s1. The van der Waals surface area contributed by atoms with Crippen LogP contribution in [0.1, 0.15) is 55.1 Å². The molecular formula is C31H31NO10. The molecule has 1 atom stereocenters. The van der Waals surface area contributed by atoms with Crippen molar-refractivity contribution < 1.29 is 44.0 Å². The monoisotopic (exact) mass is 577 g/mol. The number of hydrogen-bond acceptors (Lipinski definition) is 7. The van der Waals surface area contributed by atoms with Gasteiger partial charge in [0.15, 0.2) is 5.43 Å². The average molecular weight is 578 g/mol. The maximum absolute atomic E-state index is 12.4. The van der Waals surface area contributed by atoms with Crippen molar-refractivity contribution in [2.45, 2.75) is 52.5 Å². The molecule has 0 radical (unpaired) electrons. The Labute approximate surface area is 240 Å². The van der Waals surface area contributed by atoms with E-state index in [9.17, 15) is 34.2 Å². The lowest BCUT2D eigenvalue weighted by Gasteiger charge is -2.18. The molecule has 4 rings (SSSR count). The number of fused-ring (bicyclic) bond motifs is 2. The van der Waals surface area contributed by atoms with E-state index in [0.717, 1.165) is 5.56 Å². The normalized spacial score (nSPS) is 11.4. The number of aliphatic carboxylic acids is 2. The van der Waals surface area contributed by atoms with Crippen LogP contribution in [-0.4, -0.2) is 50.3 Å². The summed E-state index contributed by atoms with van der Waals surface area (Å²) in [6.07, 6.45) is 0.781. The molecule has 0 saturated carbocycles. The Morgan fingerprint density at radius 2 is 1.57 bits per heavy atom. The molecule has 2 aliphatic rings. The van der Waals surface area contributed by atoms with Gasteiger partial charge in [0.25, 0.3) is 0 Å². The Morgan fingerprint density at radius 1 is 0.905 bits per heavy atom. The fraction of sp³-hybridized carbons (Fsp3) is 0.258. The third-order valence-electron chi connectivity index (χ3n) is 6.61. The second kappa shape index (κ2) is 13.4. The molecule has 5 N–H and O–H groups in total. The minimum atomic E-state index is -1.23. The van der Waals surface area contributed by atoms with Crippen LogP contribution in [0, 0.1) is 0 Å². The van der Waals surface area contributed by atoms with Crippen LogP contribution >= 0.6 is 0 Å². The number of carbonyl (C=O) groups is 4. The molecule has 1 aliphatic heterocycles. The lowest BCUT2D eigenvalue weighted by Crippen LogP contribution is -2.39. The van der Waals surface area contributed by atoms with Gasteiger partial charge >= 0.3 is 17.9 Å². The van der Waals surface area contributed by atoms with Gasteiger partial charge in [-0.25, -0.2) is 9.59 Å². The molecule has 0 aromatic heterocycles. The zero-order chi connectivity index (χ0) is 31.1. The predicted octanol–water partition coefficient (Wildman–Crippen LogP) is 4.53. The summed E-state index contributed by atoms with van der Waals surface area (Å²) in [4.78, 5) is 55.3. The summed E-state index contributed by atoms with van der Waals surface area (Å²) in [6, 6.07) is 12.2. The van der Waals surface area contributed by atoms with E-state index in [1.807, 2.05) is 19.9 Å². The van der Waals surface area contributed by atoms with Crippen molar-refractivity contribution in [2.75, 3.05) is 0 Å². The fourth-order valence-corrected chi connectivity index (χ4v) is 4.55. The number of carboxylic acids is 3. The first-order chi connectivity index (χ1) is 19.9. The van der Waals surface area contributed by atoms with E-state index in [1.165, 1.54) is 19.1 Å². The van der Waals surface area contributed by atoms with Gasteiger partial charge in [0, 0.05) is 47.6 Å². The van der Waals surface area contributed by atoms with Crippen LogP contribution in [0.2, 0.25) is 0 Å². The molecule has 0 fully saturated rings. The molecule has 11 nitrogen and oxygen atoms in total. The minimum absolute atomic E-state index is 0.105. The Bertz CT molecular complexity index is 1690. The highest BCUT2D eigenvalue weighted by Crippen LogP contribution is 2.43. The number of aromatic hydroxyl groups is 1. The highest BCUT2D eigenvalue weighted by molar-refractivity contribution is 6.07. The van der Waals surface area contributed by atoms with Crippen LogP contribution in [0.3, 0.4) is 0 Å². The van der Waals surface area contributed by atoms with Crippen molar-refractivity contribution in [3.63, 3.8) is 0 Å². The zero-order valence-electron chi connectivity index (χ0n) is 23.3. The van der Waals surface area contributed by atoms with Crippen molar-refractivity contribution in [2.24, 2.45) is 0 Å². The van der Waals surface area contributed by atoms with Crippen LogP contribution in [0.5, 0.6) is 5.75 Å². The van der Waals surface area contributed by atoms with Gasteiger partial charge < -0.3 is 30.2 Å². The predicted molar refractivity (Wildman–Crippen MR) is 154 cm³/mol. The van der Waals surface area contributed by atoms with E-state index >= 15 is 0 Å². The van der Waals surface area contributed by atoms with Gasteiger partial charge in [-0.1, -0.05) is 32.0 Å². The molecule has 0 bridgehead atoms. The Morgan fingerprint density at radius 3 is 2.14 bits per heavy atom. The number of nitrogens with one attached hydrogen (secondary N) is 1. The smallest absolute Gasteiger partial charge is 0.336 e. The number of rotatable bonds is 9. The number of carbonyl (C=O) groups excluding carboxylic acids is 1. The van der Waals surface area contributed by atoms with E-state index in [1.54, 1.807) is 30.3 Å². The first-order valence-corrected chi connectivity index (χ1v) is 13.2. The second-order valence-electron chi connectivity index (χ2n) is 9.49. The van der Waals surface area contributed by atoms with E-state index in [4.69, 9.17) is 14.6 Å². The van der Waals surface area contributed by atoms with Crippen molar-refractivity contribution in [3.05, 3.63) is 75.4 Å². The molecular weight excluding hydrogens is 546 g/mol. The number of phenols is 1. The van der Waals surface area contributed by atoms with Gasteiger partial charge in [0.05, 0.1) is 5.56 Å². The molecule has 42 heavy (non-hydrogen) atoms.